The normalized spacial score (nSPS) is 22.6. The van der Waals surface area contributed by atoms with Crippen LogP contribution in [0, 0.1) is 5.92 Å². The SMILES string of the molecule is CN1CCC(N2CCCC(C(=O)c3ccc(-c4ccccc4)cc3)C2)CC1. The summed E-state index contributed by atoms with van der Waals surface area (Å²) >= 11 is 0. The molecule has 27 heavy (non-hydrogen) atoms. The van der Waals surface area contributed by atoms with Crippen molar-refractivity contribution < 1.29 is 4.79 Å². The van der Waals surface area contributed by atoms with Crippen molar-refractivity contribution in [2.45, 2.75) is 31.7 Å². The van der Waals surface area contributed by atoms with Gasteiger partial charge < -0.3 is 4.90 Å². The molecule has 3 heteroatoms. The predicted octanol–water partition coefficient (Wildman–Crippen LogP) is 4.34. The fraction of sp³-hybridized carbons (Fsp3) is 0.458. The van der Waals surface area contributed by atoms with Gasteiger partial charge in [-0.15, -0.1) is 0 Å². The molecule has 0 aromatic heterocycles. The van der Waals surface area contributed by atoms with E-state index in [1.807, 2.05) is 30.3 Å². The van der Waals surface area contributed by atoms with E-state index in [-0.39, 0.29) is 5.92 Å². The average Bonchev–Trinajstić information content (AvgIpc) is 2.75. The van der Waals surface area contributed by atoms with E-state index in [0.29, 0.717) is 11.8 Å². The number of benzene rings is 2. The summed E-state index contributed by atoms with van der Waals surface area (Å²) in [5.41, 5.74) is 3.23. The molecule has 0 N–H and O–H groups in total. The summed E-state index contributed by atoms with van der Waals surface area (Å²) in [4.78, 5) is 18.1. The molecule has 3 nitrogen and oxygen atoms in total. The Bertz CT molecular complexity index is 748. The summed E-state index contributed by atoms with van der Waals surface area (Å²) in [6, 6.07) is 19.2. The molecule has 4 rings (SSSR count). The van der Waals surface area contributed by atoms with Gasteiger partial charge in [-0.2, -0.15) is 0 Å². The lowest BCUT2D eigenvalue weighted by Crippen LogP contribution is -2.48. The minimum atomic E-state index is 0.154. The van der Waals surface area contributed by atoms with Crippen molar-refractivity contribution in [3.8, 4) is 11.1 Å². The van der Waals surface area contributed by atoms with Crippen LogP contribution in [0.4, 0.5) is 0 Å². The van der Waals surface area contributed by atoms with E-state index in [4.69, 9.17) is 0 Å². The van der Waals surface area contributed by atoms with Crippen LogP contribution in [0.15, 0.2) is 54.6 Å². The topological polar surface area (TPSA) is 23.6 Å². The molecular weight excluding hydrogens is 332 g/mol. The van der Waals surface area contributed by atoms with Crippen molar-refractivity contribution in [1.82, 2.24) is 9.80 Å². The highest BCUT2D eigenvalue weighted by molar-refractivity contribution is 5.98. The van der Waals surface area contributed by atoms with E-state index in [1.165, 1.54) is 37.1 Å². The summed E-state index contributed by atoms with van der Waals surface area (Å²) in [5.74, 6) is 0.480. The monoisotopic (exact) mass is 362 g/mol. The zero-order chi connectivity index (χ0) is 18.6. The Morgan fingerprint density at radius 2 is 1.52 bits per heavy atom. The van der Waals surface area contributed by atoms with Crippen LogP contribution in [0.25, 0.3) is 11.1 Å². The lowest BCUT2D eigenvalue weighted by Gasteiger charge is -2.41. The molecule has 1 atom stereocenters. The summed E-state index contributed by atoms with van der Waals surface area (Å²) in [6.45, 7) is 4.46. The maximum absolute atomic E-state index is 13.1. The van der Waals surface area contributed by atoms with E-state index in [0.717, 1.165) is 31.5 Å². The smallest absolute Gasteiger partial charge is 0.167 e. The van der Waals surface area contributed by atoms with Crippen molar-refractivity contribution in [3.05, 3.63) is 60.2 Å². The second-order valence-electron chi connectivity index (χ2n) is 8.18. The molecule has 0 radical (unpaired) electrons. The zero-order valence-electron chi connectivity index (χ0n) is 16.3. The van der Waals surface area contributed by atoms with Crippen LogP contribution in [0.2, 0.25) is 0 Å². The Hall–Kier alpha value is -1.97. The van der Waals surface area contributed by atoms with Crippen LogP contribution < -0.4 is 0 Å². The number of hydrogen-bond donors (Lipinski definition) is 0. The summed E-state index contributed by atoms with van der Waals surface area (Å²) < 4.78 is 0. The largest absolute Gasteiger partial charge is 0.306 e. The standard InChI is InChI=1S/C24H30N2O/c1-25-16-13-23(14-17-25)26-15-5-8-22(18-26)24(27)21-11-9-20(10-12-21)19-6-3-2-4-7-19/h2-4,6-7,9-12,22-23H,5,8,13-18H2,1H3. The van der Waals surface area contributed by atoms with Gasteiger partial charge in [-0.3, -0.25) is 9.69 Å². The first-order chi connectivity index (χ1) is 13.2. The van der Waals surface area contributed by atoms with E-state index >= 15 is 0 Å². The third-order valence-corrected chi connectivity index (χ3v) is 6.30. The van der Waals surface area contributed by atoms with Crippen LogP contribution >= 0.6 is 0 Å². The molecule has 0 spiro atoms. The molecule has 2 aliphatic heterocycles. The molecule has 0 saturated carbocycles. The number of piperidine rings is 2. The van der Waals surface area contributed by atoms with Gasteiger partial charge in [0.05, 0.1) is 0 Å². The van der Waals surface area contributed by atoms with Crippen LogP contribution in [-0.4, -0.2) is 54.9 Å². The summed E-state index contributed by atoms with van der Waals surface area (Å²) in [6.07, 6.45) is 4.65. The second-order valence-corrected chi connectivity index (χ2v) is 8.18. The number of likely N-dealkylation sites (tertiary alicyclic amines) is 2. The van der Waals surface area contributed by atoms with Gasteiger partial charge >= 0.3 is 0 Å². The highest BCUT2D eigenvalue weighted by Gasteiger charge is 2.31. The Morgan fingerprint density at radius 1 is 0.852 bits per heavy atom. The van der Waals surface area contributed by atoms with Crippen molar-refractivity contribution in [3.63, 3.8) is 0 Å². The van der Waals surface area contributed by atoms with Gasteiger partial charge in [0.1, 0.15) is 0 Å². The lowest BCUT2D eigenvalue weighted by molar-refractivity contribution is 0.0630. The van der Waals surface area contributed by atoms with Crippen LogP contribution in [0.1, 0.15) is 36.0 Å². The van der Waals surface area contributed by atoms with E-state index in [1.54, 1.807) is 0 Å². The van der Waals surface area contributed by atoms with Crippen molar-refractivity contribution in [1.29, 1.82) is 0 Å². The van der Waals surface area contributed by atoms with Gasteiger partial charge in [-0.25, -0.2) is 0 Å². The number of ketones is 1. The summed E-state index contributed by atoms with van der Waals surface area (Å²) in [7, 11) is 2.21. The number of Topliss-reactive ketones (excluding diaryl/α,β-unsaturated/α-hetero) is 1. The highest BCUT2D eigenvalue weighted by Crippen LogP contribution is 2.27. The quantitative estimate of drug-likeness (QED) is 0.756. The predicted molar refractivity (Wildman–Crippen MR) is 111 cm³/mol. The van der Waals surface area contributed by atoms with Gasteiger partial charge in [-0.05, 0) is 63.5 Å². The number of carbonyl (C=O) groups excluding carboxylic acids is 1. The Labute approximate surface area is 163 Å². The fourth-order valence-electron chi connectivity index (χ4n) is 4.61. The summed E-state index contributed by atoms with van der Waals surface area (Å²) in [5, 5.41) is 0. The Balaban J connectivity index is 1.41. The maximum Gasteiger partial charge on any atom is 0.167 e. The van der Waals surface area contributed by atoms with Gasteiger partial charge in [-0.1, -0.05) is 54.6 Å². The fourth-order valence-corrected chi connectivity index (χ4v) is 4.61. The number of hydrogen-bond acceptors (Lipinski definition) is 3. The number of rotatable bonds is 4. The van der Waals surface area contributed by atoms with Gasteiger partial charge in [0.2, 0.25) is 0 Å². The lowest BCUT2D eigenvalue weighted by atomic mass is 9.88. The van der Waals surface area contributed by atoms with Gasteiger partial charge in [0.15, 0.2) is 5.78 Å². The minimum Gasteiger partial charge on any atom is -0.306 e. The molecule has 0 aliphatic carbocycles. The zero-order valence-corrected chi connectivity index (χ0v) is 16.3. The molecule has 2 aromatic rings. The maximum atomic E-state index is 13.1. The molecule has 2 fully saturated rings. The molecule has 0 amide bonds. The molecular formula is C24H30N2O. The molecule has 2 saturated heterocycles. The molecule has 2 aromatic carbocycles. The first-order valence-corrected chi connectivity index (χ1v) is 10.3. The Morgan fingerprint density at radius 3 is 2.22 bits per heavy atom. The molecule has 1 unspecified atom stereocenters. The minimum absolute atomic E-state index is 0.154. The van der Waals surface area contributed by atoms with E-state index in [9.17, 15) is 4.79 Å². The molecule has 2 aliphatic rings. The van der Waals surface area contributed by atoms with Crippen LogP contribution in [0.5, 0.6) is 0 Å². The first-order valence-electron chi connectivity index (χ1n) is 10.3. The third-order valence-electron chi connectivity index (χ3n) is 6.30. The third kappa shape index (κ3) is 4.31. The second kappa shape index (κ2) is 8.37. The van der Waals surface area contributed by atoms with E-state index < -0.39 is 0 Å². The average molecular weight is 363 g/mol. The van der Waals surface area contributed by atoms with Crippen molar-refractivity contribution in [2.24, 2.45) is 5.92 Å². The number of nitrogens with zero attached hydrogens (tertiary/aromatic N) is 2. The van der Waals surface area contributed by atoms with Gasteiger partial charge in [0.25, 0.3) is 0 Å². The van der Waals surface area contributed by atoms with Crippen LogP contribution in [0.3, 0.4) is 0 Å². The highest BCUT2D eigenvalue weighted by atomic mass is 16.1. The van der Waals surface area contributed by atoms with Crippen molar-refractivity contribution >= 4 is 5.78 Å². The van der Waals surface area contributed by atoms with Crippen LogP contribution in [-0.2, 0) is 0 Å². The van der Waals surface area contributed by atoms with Gasteiger partial charge in [0, 0.05) is 24.1 Å². The molecule has 2 heterocycles. The first kappa shape index (κ1) is 18.4. The van der Waals surface area contributed by atoms with E-state index in [2.05, 4.69) is 41.1 Å². The van der Waals surface area contributed by atoms with Crippen molar-refractivity contribution in [2.75, 3.05) is 33.2 Å². The molecule has 142 valence electrons. The molecule has 0 bridgehead atoms. The Kier molecular flexibility index (Phi) is 5.70. The number of carbonyl (C=O) groups is 1.